The highest BCUT2D eigenvalue weighted by Crippen LogP contribution is 2.21. The van der Waals surface area contributed by atoms with Gasteiger partial charge in [0.1, 0.15) is 5.75 Å². The van der Waals surface area contributed by atoms with Crippen LogP contribution in [0.2, 0.25) is 0 Å². The van der Waals surface area contributed by atoms with E-state index in [1.165, 1.54) is 18.6 Å². The maximum Gasteiger partial charge on any atom is 0.271 e. The van der Waals surface area contributed by atoms with Crippen molar-refractivity contribution in [2.75, 3.05) is 0 Å². The molecule has 0 fully saturated rings. The zero-order valence-electron chi connectivity index (χ0n) is 11.4. The normalized spacial score (nSPS) is 10.5. The Morgan fingerprint density at radius 3 is 2.81 bits per heavy atom. The lowest BCUT2D eigenvalue weighted by Crippen LogP contribution is -2.17. The Morgan fingerprint density at radius 2 is 2.10 bits per heavy atom. The van der Waals surface area contributed by atoms with Crippen LogP contribution >= 0.6 is 0 Å². The number of carbonyl (C=O) groups excluding carboxylic acids is 1. The van der Waals surface area contributed by atoms with Gasteiger partial charge in [-0.15, -0.1) is 6.58 Å². The van der Waals surface area contributed by atoms with Gasteiger partial charge in [-0.05, 0) is 30.2 Å². The van der Waals surface area contributed by atoms with E-state index in [1.54, 1.807) is 24.3 Å². The Morgan fingerprint density at radius 1 is 1.33 bits per heavy atom. The average molecular weight is 281 g/mol. The van der Waals surface area contributed by atoms with Crippen molar-refractivity contribution in [2.45, 2.75) is 6.42 Å². The zero-order chi connectivity index (χ0) is 15.1. The van der Waals surface area contributed by atoms with E-state index in [0.29, 0.717) is 17.5 Å². The zero-order valence-corrected chi connectivity index (χ0v) is 11.4. The number of phenolic OH excluding ortho intramolecular Hbond substituents is 1. The van der Waals surface area contributed by atoms with E-state index in [2.05, 4.69) is 22.1 Å². The van der Waals surface area contributed by atoms with Gasteiger partial charge in [0.2, 0.25) is 0 Å². The maximum atomic E-state index is 11.8. The molecular formula is C16H15N3O2. The van der Waals surface area contributed by atoms with Crippen LogP contribution in [0.1, 0.15) is 21.5 Å². The molecule has 5 nitrogen and oxygen atoms in total. The number of carbonyl (C=O) groups is 1. The number of allylic oxidation sites excluding steroid dienone is 1. The number of aromatic hydroxyl groups is 1. The Balaban J connectivity index is 2.07. The second-order valence-electron chi connectivity index (χ2n) is 4.28. The Labute approximate surface area is 122 Å². The predicted octanol–water partition coefficient (Wildman–Crippen LogP) is 2.28. The highest BCUT2D eigenvalue weighted by atomic mass is 16.3. The SMILES string of the molecule is C=CCc1cccc(/C=N\NC(=O)c2ccncc2)c1O. The lowest BCUT2D eigenvalue weighted by molar-refractivity contribution is 0.0955. The molecule has 2 N–H and O–H groups in total. The van der Waals surface area contributed by atoms with Gasteiger partial charge < -0.3 is 5.11 Å². The molecule has 0 bridgehead atoms. The third-order valence-corrected chi connectivity index (χ3v) is 2.83. The molecule has 0 radical (unpaired) electrons. The molecule has 1 aromatic heterocycles. The molecule has 5 heteroatoms. The molecule has 1 heterocycles. The van der Waals surface area contributed by atoms with Gasteiger partial charge >= 0.3 is 0 Å². The van der Waals surface area contributed by atoms with Gasteiger partial charge in [-0.2, -0.15) is 5.10 Å². The van der Waals surface area contributed by atoms with E-state index in [4.69, 9.17) is 0 Å². The Bertz CT molecular complexity index is 666. The minimum Gasteiger partial charge on any atom is -0.507 e. The van der Waals surface area contributed by atoms with Gasteiger partial charge in [-0.25, -0.2) is 5.43 Å². The van der Waals surface area contributed by atoms with Crippen LogP contribution in [0.15, 0.2) is 60.5 Å². The molecule has 0 unspecified atom stereocenters. The van der Waals surface area contributed by atoms with Crippen LogP contribution in [0.3, 0.4) is 0 Å². The van der Waals surface area contributed by atoms with Crippen molar-refractivity contribution in [1.29, 1.82) is 0 Å². The first-order valence-electron chi connectivity index (χ1n) is 6.37. The number of para-hydroxylation sites is 1. The Hall–Kier alpha value is -2.95. The third kappa shape index (κ3) is 3.76. The highest BCUT2D eigenvalue weighted by Gasteiger charge is 2.05. The number of benzene rings is 1. The molecule has 2 rings (SSSR count). The standard InChI is InChI=1S/C16H15N3O2/c1-2-4-12-5-3-6-14(15(12)20)11-18-19-16(21)13-7-9-17-10-8-13/h2-3,5-11,20H,1,4H2,(H,19,21)/b18-11-. The number of pyridine rings is 1. The summed E-state index contributed by atoms with van der Waals surface area (Å²) in [5.74, 6) is -0.199. The topological polar surface area (TPSA) is 74.6 Å². The third-order valence-electron chi connectivity index (χ3n) is 2.83. The lowest BCUT2D eigenvalue weighted by atomic mass is 10.1. The lowest BCUT2D eigenvalue weighted by Gasteiger charge is -2.04. The first kappa shape index (κ1) is 14.5. The van der Waals surface area contributed by atoms with Crippen LogP contribution in [-0.2, 0) is 6.42 Å². The summed E-state index contributed by atoms with van der Waals surface area (Å²) in [5.41, 5.74) is 4.15. The molecule has 0 aliphatic carbocycles. The van der Waals surface area contributed by atoms with Gasteiger partial charge in [0.05, 0.1) is 6.21 Å². The number of nitrogens with zero attached hydrogens (tertiary/aromatic N) is 2. The highest BCUT2D eigenvalue weighted by molar-refractivity contribution is 5.95. The number of hydrazone groups is 1. The molecule has 1 amide bonds. The van der Waals surface area contributed by atoms with Crippen LogP contribution < -0.4 is 5.43 Å². The molecule has 21 heavy (non-hydrogen) atoms. The van der Waals surface area contributed by atoms with Gasteiger partial charge in [0.25, 0.3) is 5.91 Å². The van der Waals surface area contributed by atoms with Gasteiger partial charge in [0, 0.05) is 23.5 Å². The summed E-state index contributed by atoms with van der Waals surface area (Å²) in [6, 6.07) is 8.51. The van der Waals surface area contributed by atoms with E-state index < -0.39 is 0 Å². The molecule has 2 aromatic rings. The number of amides is 1. The fourth-order valence-corrected chi connectivity index (χ4v) is 1.76. The number of nitrogens with one attached hydrogen (secondary N) is 1. The van der Waals surface area contributed by atoms with Crippen LogP contribution in [0.4, 0.5) is 0 Å². The van der Waals surface area contributed by atoms with Crippen LogP contribution in [0.25, 0.3) is 0 Å². The summed E-state index contributed by atoms with van der Waals surface area (Å²) in [4.78, 5) is 15.6. The number of hydrogen-bond donors (Lipinski definition) is 2. The van der Waals surface area contributed by atoms with Gasteiger partial charge in [-0.1, -0.05) is 18.2 Å². The van der Waals surface area contributed by atoms with Crippen LogP contribution in [0, 0.1) is 0 Å². The van der Waals surface area contributed by atoms with Crippen LogP contribution in [0.5, 0.6) is 5.75 Å². The first-order valence-corrected chi connectivity index (χ1v) is 6.37. The second kappa shape index (κ2) is 7.00. The summed E-state index contributed by atoms with van der Waals surface area (Å²) in [6.07, 6.45) is 6.74. The number of aromatic nitrogens is 1. The Kier molecular flexibility index (Phi) is 4.82. The van der Waals surface area contributed by atoms with Crippen molar-refractivity contribution in [3.63, 3.8) is 0 Å². The van der Waals surface area contributed by atoms with Gasteiger partial charge in [0.15, 0.2) is 0 Å². The van der Waals surface area contributed by atoms with Gasteiger partial charge in [-0.3, -0.25) is 9.78 Å². The number of phenols is 1. The van der Waals surface area contributed by atoms with E-state index in [9.17, 15) is 9.90 Å². The van der Waals surface area contributed by atoms with Crippen molar-refractivity contribution in [1.82, 2.24) is 10.4 Å². The molecule has 0 spiro atoms. The molecule has 0 aliphatic rings. The summed E-state index contributed by atoms with van der Waals surface area (Å²) in [6.45, 7) is 3.64. The quantitative estimate of drug-likeness (QED) is 0.501. The summed E-state index contributed by atoms with van der Waals surface area (Å²) < 4.78 is 0. The predicted molar refractivity (Wildman–Crippen MR) is 81.3 cm³/mol. The molecule has 0 saturated heterocycles. The van der Waals surface area contributed by atoms with Crippen LogP contribution in [-0.4, -0.2) is 22.2 Å². The molecule has 106 valence electrons. The monoisotopic (exact) mass is 281 g/mol. The molecule has 1 aromatic carbocycles. The smallest absolute Gasteiger partial charge is 0.271 e. The van der Waals surface area contributed by atoms with E-state index in [1.807, 2.05) is 12.1 Å². The fraction of sp³-hybridized carbons (Fsp3) is 0.0625. The van der Waals surface area contributed by atoms with E-state index in [-0.39, 0.29) is 11.7 Å². The fourth-order valence-electron chi connectivity index (χ4n) is 1.76. The minimum atomic E-state index is -0.338. The average Bonchev–Trinajstić information content (AvgIpc) is 2.52. The molecular weight excluding hydrogens is 266 g/mol. The minimum absolute atomic E-state index is 0.138. The second-order valence-corrected chi connectivity index (χ2v) is 4.28. The summed E-state index contributed by atoms with van der Waals surface area (Å²) in [7, 11) is 0. The number of hydrogen-bond acceptors (Lipinski definition) is 4. The van der Waals surface area contributed by atoms with E-state index >= 15 is 0 Å². The molecule has 0 atom stereocenters. The maximum absolute atomic E-state index is 11.8. The van der Waals surface area contributed by atoms with Crippen molar-refractivity contribution in [3.05, 3.63) is 72.1 Å². The number of rotatable bonds is 5. The first-order chi connectivity index (χ1) is 10.2. The van der Waals surface area contributed by atoms with Crippen molar-refractivity contribution in [3.8, 4) is 5.75 Å². The van der Waals surface area contributed by atoms with E-state index in [0.717, 1.165) is 5.56 Å². The molecule has 0 aliphatic heterocycles. The van der Waals surface area contributed by atoms with Crippen molar-refractivity contribution < 1.29 is 9.90 Å². The largest absolute Gasteiger partial charge is 0.507 e. The molecule has 0 saturated carbocycles. The summed E-state index contributed by atoms with van der Waals surface area (Å²) >= 11 is 0. The van der Waals surface area contributed by atoms with Crippen molar-refractivity contribution >= 4 is 12.1 Å². The summed E-state index contributed by atoms with van der Waals surface area (Å²) in [5, 5.41) is 13.9. The van der Waals surface area contributed by atoms with Crippen molar-refractivity contribution in [2.24, 2.45) is 5.10 Å².